The second-order valence-corrected chi connectivity index (χ2v) is 4.95. The highest BCUT2D eigenvalue weighted by molar-refractivity contribution is 6.02. The van der Waals surface area contributed by atoms with E-state index in [1.807, 2.05) is 6.92 Å². The zero-order valence-electron chi connectivity index (χ0n) is 12.6. The number of rotatable bonds is 3. The van der Waals surface area contributed by atoms with Crippen LogP contribution in [0.2, 0.25) is 0 Å². The van der Waals surface area contributed by atoms with E-state index >= 15 is 0 Å². The molecule has 116 valence electrons. The lowest BCUT2D eigenvalue weighted by molar-refractivity contribution is -0.114. The fourth-order valence-electron chi connectivity index (χ4n) is 2.07. The van der Waals surface area contributed by atoms with Crippen LogP contribution < -0.4 is 10.6 Å². The van der Waals surface area contributed by atoms with Crippen molar-refractivity contribution in [1.82, 2.24) is 19.6 Å². The van der Waals surface area contributed by atoms with Crippen LogP contribution in [0.3, 0.4) is 0 Å². The van der Waals surface area contributed by atoms with E-state index < -0.39 is 5.91 Å². The molecule has 3 rings (SSSR count). The molecule has 2 N–H and O–H groups in total. The maximum Gasteiger partial charge on any atom is 0.295 e. The molecule has 0 saturated carbocycles. The third kappa shape index (κ3) is 3.15. The van der Waals surface area contributed by atoms with Crippen molar-refractivity contribution in [1.29, 1.82) is 0 Å². The number of anilines is 2. The number of carbonyl (C=O) groups is 2. The van der Waals surface area contributed by atoms with Gasteiger partial charge >= 0.3 is 0 Å². The second-order valence-electron chi connectivity index (χ2n) is 4.95. The molecule has 0 fully saturated rings. The summed E-state index contributed by atoms with van der Waals surface area (Å²) in [6.07, 6.45) is 1.61. The first-order chi connectivity index (χ1) is 11.0. The Morgan fingerprint density at radius 3 is 2.57 bits per heavy atom. The van der Waals surface area contributed by atoms with Gasteiger partial charge in [-0.25, -0.2) is 9.50 Å². The molecule has 0 unspecified atom stereocenters. The third-order valence-electron chi connectivity index (χ3n) is 3.07. The Labute approximate surface area is 131 Å². The van der Waals surface area contributed by atoms with Crippen molar-refractivity contribution < 1.29 is 9.59 Å². The third-order valence-corrected chi connectivity index (χ3v) is 3.07. The molecule has 8 nitrogen and oxygen atoms in total. The number of nitrogens with one attached hydrogen (secondary N) is 2. The molecule has 0 atom stereocenters. The van der Waals surface area contributed by atoms with E-state index in [0.717, 1.165) is 5.69 Å². The molecule has 8 heteroatoms. The molecule has 2 aromatic heterocycles. The maximum absolute atomic E-state index is 12.3. The second kappa shape index (κ2) is 5.84. The van der Waals surface area contributed by atoms with Crippen LogP contribution in [0.1, 0.15) is 23.2 Å². The summed E-state index contributed by atoms with van der Waals surface area (Å²) in [7, 11) is 0. The van der Waals surface area contributed by atoms with E-state index in [0.29, 0.717) is 17.2 Å². The Kier molecular flexibility index (Phi) is 3.71. The van der Waals surface area contributed by atoms with Crippen molar-refractivity contribution in [3.8, 4) is 0 Å². The molecule has 2 heterocycles. The Morgan fingerprint density at radius 2 is 1.87 bits per heavy atom. The van der Waals surface area contributed by atoms with E-state index in [4.69, 9.17) is 0 Å². The van der Waals surface area contributed by atoms with Gasteiger partial charge in [0.15, 0.2) is 0 Å². The lowest BCUT2D eigenvalue weighted by atomic mass is 10.2. The Balaban J connectivity index is 1.83. The highest BCUT2D eigenvalue weighted by atomic mass is 16.2. The van der Waals surface area contributed by atoms with Gasteiger partial charge in [0.05, 0.1) is 0 Å². The average Bonchev–Trinajstić information content (AvgIpc) is 2.92. The van der Waals surface area contributed by atoms with Gasteiger partial charge in [0.25, 0.3) is 11.7 Å². The molecule has 0 radical (unpaired) electrons. The van der Waals surface area contributed by atoms with Crippen molar-refractivity contribution in [3.05, 3.63) is 48.0 Å². The monoisotopic (exact) mass is 310 g/mol. The number of amides is 2. The van der Waals surface area contributed by atoms with Crippen molar-refractivity contribution in [2.45, 2.75) is 13.8 Å². The van der Waals surface area contributed by atoms with E-state index in [9.17, 15) is 9.59 Å². The van der Waals surface area contributed by atoms with Gasteiger partial charge in [-0.05, 0) is 31.2 Å². The summed E-state index contributed by atoms with van der Waals surface area (Å²) in [6, 6.07) is 8.60. The fourth-order valence-corrected chi connectivity index (χ4v) is 2.07. The smallest absolute Gasteiger partial charge is 0.295 e. The van der Waals surface area contributed by atoms with Crippen LogP contribution in [0, 0.1) is 6.92 Å². The maximum atomic E-state index is 12.3. The molecule has 0 aliphatic rings. The minimum absolute atomic E-state index is 0.0248. The molecular formula is C15H14N6O2. The summed E-state index contributed by atoms with van der Waals surface area (Å²) in [5, 5.41) is 9.49. The van der Waals surface area contributed by atoms with Crippen molar-refractivity contribution in [3.63, 3.8) is 0 Å². The van der Waals surface area contributed by atoms with Gasteiger partial charge in [-0.15, -0.1) is 5.10 Å². The minimum atomic E-state index is -0.449. The van der Waals surface area contributed by atoms with Crippen LogP contribution in [0.15, 0.2) is 36.5 Å². The molecule has 3 aromatic rings. The molecule has 0 aliphatic heterocycles. The first kappa shape index (κ1) is 14.6. The van der Waals surface area contributed by atoms with Crippen LogP contribution in [-0.4, -0.2) is 31.4 Å². The molecule has 0 bridgehead atoms. The zero-order chi connectivity index (χ0) is 16.4. The van der Waals surface area contributed by atoms with Crippen molar-refractivity contribution in [2.75, 3.05) is 10.6 Å². The fraction of sp³-hybridized carbons (Fsp3) is 0.133. The summed E-state index contributed by atoms with van der Waals surface area (Å²) < 4.78 is 1.50. The van der Waals surface area contributed by atoms with Crippen molar-refractivity contribution >= 4 is 29.0 Å². The predicted octanol–water partition coefficient (Wildman–Crippen LogP) is 1.64. The molecule has 23 heavy (non-hydrogen) atoms. The molecule has 2 amide bonds. The van der Waals surface area contributed by atoms with Gasteiger partial charge in [-0.2, -0.15) is 4.98 Å². The van der Waals surface area contributed by atoms with Crippen LogP contribution in [0.25, 0.3) is 5.78 Å². The summed E-state index contributed by atoms with van der Waals surface area (Å²) >= 11 is 0. The summed E-state index contributed by atoms with van der Waals surface area (Å²) in [5.74, 6) is -0.245. The number of hydrogen-bond donors (Lipinski definition) is 2. The van der Waals surface area contributed by atoms with Crippen molar-refractivity contribution in [2.24, 2.45) is 0 Å². The minimum Gasteiger partial charge on any atom is -0.326 e. The highest BCUT2D eigenvalue weighted by Crippen LogP contribution is 2.15. The standard InChI is InChI=1S/C15H14N6O2/c1-9-6-7-16-15-19-13(20-21(9)15)14(23)18-12-5-3-4-11(8-12)17-10(2)22/h3-8H,1-2H3,(H,17,22)(H,18,23). The van der Waals surface area contributed by atoms with Gasteiger partial charge < -0.3 is 10.6 Å². The van der Waals surface area contributed by atoms with Gasteiger partial charge in [0, 0.05) is 30.2 Å². The van der Waals surface area contributed by atoms with E-state index in [2.05, 4.69) is 25.7 Å². The Morgan fingerprint density at radius 1 is 1.13 bits per heavy atom. The van der Waals surface area contributed by atoms with E-state index in [1.54, 1.807) is 36.5 Å². The summed E-state index contributed by atoms with van der Waals surface area (Å²) in [6.45, 7) is 3.27. The molecule has 0 saturated heterocycles. The van der Waals surface area contributed by atoms with Crippen LogP contribution >= 0.6 is 0 Å². The highest BCUT2D eigenvalue weighted by Gasteiger charge is 2.14. The van der Waals surface area contributed by atoms with Gasteiger partial charge in [0.1, 0.15) is 0 Å². The number of hydrogen-bond acceptors (Lipinski definition) is 5. The van der Waals surface area contributed by atoms with E-state index in [1.165, 1.54) is 11.4 Å². The van der Waals surface area contributed by atoms with Gasteiger partial charge in [-0.3, -0.25) is 9.59 Å². The molecule has 1 aromatic carbocycles. The largest absolute Gasteiger partial charge is 0.326 e. The molecular weight excluding hydrogens is 296 g/mol. The van der Waals surface area contributed by atoms with Gasteiger partial charge in [0.2, 0.25) is 11.7 Å². The number of aromatic nitrogens is 4. The molecule has 0 aliphatic carbocycles. The first-order valence-corrected chi connectivity index (χ1v) is 6.90. The van der Waals surface area contributed by atoms with Crippen LogP contribution in [-0.2, 0) is 4.79 Å². The quantitative estimate of drug-likeness (QED) is 0.766. The summed E-state index contributed by atoms with van der Waals surface area (Å²) in [4.78, 5) is 31.5. The number of carbonyl (C=O) groups excluding carboxylic acids is 2. The Bertz CT molecular complexity index is 902. The number of fused-ring (bicyclic) bond motifs is 1. The van der Waals surface area contributed by atoms with Crippen LogP contribution in [0.4, 0.5) is 11.4 Å². The predicted molar refractivity (Wildman–Crippen MR) is 84.2 cm³/mol. The number of benzene rings is 1. The SMILES string of the molecule is CC(=O)Nc1cccc(NC(=O)c2nc3nccc(C)n3n2)c1. The number of aryl methyl sites for hydroxylation is 1. The number of nitrogens with zero attached hydrogens (tertiary/aromatic N) is 4. The topological polar surface area (TPSA) is 101 Å². The van der Waals surface area contributed by atoms with E-state index in [-0.39, 0.29) is 11.7 Å². The lowest BCUT2D eigenvalue weighted by Crippen LogP contribution is -2.14. The lowest BCUT2D eigenvalue weighted by Gasteiger charge is -2.06. The van der Waals surface area contributed by atoms with Crippen LogP contribution in [0.5, 0.6) is 0 Å². The first-order valence-electron chi connectivity index (χ1n) is 6.90. The summed E-state index contributed by atoms with van der Waals surface area (Å²) in [5.41, 5.74) is 1.95. The zero-order valence-corrected chi connectivity index (χ0v) is 12.6. The molecule has 0 spiro atoms. The normalized spacial score (nSPS) is 10.5. The average molecular weight is 310 g/mol. The Hall–Kier alpha value is -3.29. The van der Waals surface area contributed by atoms with Gasteiger partial charge in [-0.1, -0.05) is 6.07 Å².